The van der Waals surface area contributed by atoms with Crippen LogP contribution in [0.2, 0.25) is 0 Å². The Morgan fingerprint density at radius 2 is 2.09 bits per heavy atom. The van der Waals surface area contributed by atoms with E-state index >= 15 is 0 Å². The van der Waals surface area contributed by atoms with E-state index in [9.17, 15) is 8.78 Å². The molecule has 1 rings (SSSR count). The van der Waals surface area contributed by atoms with E-state index in [1.807, 2.05) is 0 Å². The van der Waals surface area contributed by atoms with Gasteiger partial charge in [0.2, 0.25) is 0 Å². The van der Waals surface area contributed by atoms with E-state index in [-0.39, 0.29) is 12.5 Å². The zero-order valence-electron chi connectivity index (χ0n) is 6.55. The number of halogens is 2. The van der Waals surface area contributed by atoms with Gasteiger partial charge in [-0.15, -0.1) is 0 Å². The second-order valence-corrected chi connectivity index (χ2v) is 3.23. The lowest BCUT2D eigenvalue weighted by Gasteiger charge is -2.18. The third-order valence-corrected chi connectivity index (χ3v) is 2.07. The molecule has 1 heterocycles. The van der Waals surface area contributed by atoms with Crippen LogP contribution >= 0.6 is 0 Å². The van der Waals surface area contributed by atoms with Crippen LogP contribution in [-0.2, 0) is 4.74 Å². The molecular formula is C7H12F2O2. The molecule has 0 saturated carbocycles. The molecule has 0 aromatic carbocycles. The predicted molar refractivity (Wildman–Crippen MR) is 35.2 cm³/mol. The Morgan fingerprint density at radius 1 is 1.55 bits per heavy atom. The molecule has 0 radical (unpaired) electrons. The molecule has 0 aromatic rings. The SMILES string of the molecule is CC(C)C1COC(F)(F)C1O. The molecule has 0 aliphatic carbocycles. The number of hydrogen-bond donors (Lipinski definition) is 1. The molecule has 1 N–H and O–H groups in total. The Bertz CT molecular complexity index is 147. The van der Waals surface area contributed by atoms with E-state index in [1.165, 1.54) is 0 Å². The van der Waals surface area contributed by atoms with Crippen LogP contribution < -0.4 is 0 Å². The van der Waals surface area contributed by atoms with Crippen molar-refractivity contribution in [2.24, 2.45) is 11.8 Å². The molecule has 0 amide bonds. The highest BCUT2D eigenvalue weighted by molar-refractivity contribution is 4.84. The number of alkyl halides is 2. The van der Waals surface area contributed by atoms with Crippen molar-refractivity contribution in [2.45, 2.75) is 26.1 Å². The lowest BCUT2D eigenvalue weighted by molar-refractivity contribution is -0.248. The second kappa shape index (κ2) is 2.68. The van der Waals surface area contributed by atoms with E-state index in [2.05, 4.69) is 4.74 Å². The molecule has 4 heteroatoms. The Morgan fingerprint density at radius 3 is 2.27 bits per heavy atom. The molecular weight excluding hydrogens is 154 g/mol. The molecule has 0 aromatic heterocycles. The minimum absolute atomic E-state index is 0.0263. The largest absolute Gasteiger partial charge is 0.384 e. The minimum atomic E-state index is -3.34. The standard InChI is InChI=1S/C7H12F2O2/c1-4(2)5-3-11-7(8,9)6(5)10/h4-6,10H,3H2,1-2H3. The number of ether oxygens (including phenoxy) is 1. The minimum Gasteiger partial charge on any atom is -0.384 e. The van der Waals surface area contributed by atoms with Gasteiger partial charge in [-0.05, 0) is 5.92 Å². The van der Waals surface area contributed by atoms with Gasteiger partial charge in [0.15, 0.2) is 6.10 Å². The van der Waals surface area contributed by atoms with Crippen LogP contribution in [-0.4, -0.2) is 23.9 Å². The molecule has 1 aliphatic rings. The first-order chi connectivity index (χ1) is 4.95. The van der Waals surface area contributed by atoms with E-state index in [0.29, 0.717) is 0 Å². The maximum absolute atomic E-state index is 12.5. The smallest absolute Gasteiger partial charge is 0.381 e. The molecule has 2 atom stereocenters. The fourth-order valence-corrected chi connectivity index (χ4v) is 1.19. The average Bonchev–Trinajstić information content (AvgIpc) is 2.09. The van der Waals surface area contributed by atoms with E-state index in [0.717, 1.165) is 0 Å². The van der Waals surface area contributed by atoms with Gasteiger partial charge in [0.25, 0.3) is 0 Å². The van der Waals surface area contributed by atoms with Crippen molar-refractivity contribution < 1.29 is 18.6 Å². The van der Waals surface area contributed by atoms with Crippen LogP contribution in [0, 0.1) is 11.8 Å². The van der Waals surface area contributed by atoms with Crippen LogP contribution in [0.25, 0.3) is 0 Å². The first kappa shape index (κ1) is 8.87. The van der Waals surface area contributed by atoms with Gasteiger partial charge in [0, 0.05) is 5.92 Å². The normalized spacial score (nSPS) is 36.5. The predicted octanol–water partition coefficient (Wildman–Crippen LogP) is 1.24. The summed E-state index contributed by atoms with van der Waals surface area (Å²) >= 11 is 0. The van der Waals surface area contributed by atoms with Crippen LogP contribution in [0.4, 0.5) is 8.78 Å². The van der Waals surface area contributed by atoms with Crippen LogP contribution in [0.5, 0.6) is 0 Å². The van der Waals surface area contributed by atoms with Crippen molar-refractivity contribution in [3.63, 3.8) is 0 Å². The first-order valence-electron chi connectivity index (χ1n) is 3.65. The van der Waals surface area contributed by atoms with Crippen molar-refractivity contribution >= 4 is 0 Å². The second-order valence-electron chi connectivity index (χ2n) is 3.23. The number of aliphatic hydroxyl groups excluding tert-OH is 1. The van der Waals surface area contributed by atoms with Crippen molar-refractivity contribution in [3.05, 3.63) is 0 Å². The Hall–Kier alpha value is -0.220. The number of hydrogen-bond acceptors (Lipinski definition) is 2. The van der Waals surface area contributed by atoms with Gasteiger partial charge in [0.05, 0.1) is 6.61 Å². The van der Waals surface area contributed by atoms with Crippen molar-refractivity contribution in [3.8, 4) is 0 Å². The summed E-state index contributed by atoms with van der Waals surface area (Å²) in [6, 6.07) is 0. The number of rotatable bonds is 1. The molecule has 1 fully saturated rings. The third-order valence-electron chi connectivity index (χ3n) is 2.07. The summed E-state index contributed by atoms with van der Waals surface area (Å²) in [5, 5.41) is 9.01. The molecule has 2 unspecified atom stereocenters. The Kier molecular flexibility index (Phi) is 2.16. The van der Waals surface area contributed by atoms with Crippen LogP contribution in [0.3, 0.4) is 0 Å². The highest BCUT2D eigenvalue weighted by atomic mass is 19.3. The number of aliphatic hydroxyl groups is 1. The summed E-state index contributed by atoms with van der Waals surface area (Å²) in [6.45, 7) is 3.53. The Balaban J connectivity index is 2.63. The zero-order chi connectivity index (χ0) is 8.65. The molecule has 66 valence electrons. The van der Waals surface area contributed by atoms with Gasteiger partial charge in [0.1, 0.15) is 0 Å². The molecule has 0 bridgehead atoms. The third kappa shape index (κ3) is 1.51. The van der Waals surface area contributed by atoms with Gasteiger partial charge in [-0.1, -0.05) is 13.8 Å². The zero-order valence-corrected chi connectivity index (χ0v) is 6.55. The van der Waals surface area contributed by atoms with E-state index in [1.54, 1.807) is 13.8 Å². The molecule has 0 spiro atoms. The lowest BCUT2D eigenvalue weighted by Crippen LogP contribution is -2.34. The monoisotopic (exact) mass is 166 g/mol. The van der Waals surface area contributed by atoms with Gasteiger partial charge >= 0.3 is 6.11 Å². The van der Waals surface area contributed by atoms with Crippen molar-refractivity contribution in [1.82, 2.24) is 0 Å². The van der Waals surface area contributed by atoms with Crippen LogP contribution in [0.15, 0.2) is 0 Å². The van der Waals surface area contributed by atoms with Gasteiger partial charge in [-0.25, -0.2) is 0 Å². The summed E-state index contributed by atoms with van der Waals surface area (Å²) < 4.78 is 29.1. The topological polar surface area (TPSA) is 29.5 Å². The first-order valence-corrected chi connectivity index (χ1v) is 3.65. The fraction of sp³-hybridized carbons (Fsp3) is 1.00. The van der Waals surface area contributed by atoms with Gasteiger partial charge < -0.3 is 9.84 Å². The summed E-state index contributed by atoms with van der Waals surface area (Å²) in [6.07, 6.45) is -4.97. The molecule has 2 nitrogen and oxygen atoms in total. The van der Waals surface area contributed by atoms with Crippen molar-refractivity contribution in [1.29, 1.82) is 0 Å². The fourth-order valence-electron chi connectivity index (χ4n) is 1.19. The summed E-state index contributed by atoms with van der Waals surface area (Å²) in [7, 11) is 0. The van der Waals surface area contributed by atoms with E-state index < -0.39 is 18.1 Å². The lowest BCUT2D eigenvalue weighted by atomic mass is 9.92. The highest BCUT2D eigenvalue weighted by Gasteiger charge is 2.51. The summed E-state index contributed by atoms with van der Waals surface area (Å²) in [4.78, 5) is 0. The van der Waals surface area contributed by atoms with Gasteiger partial charge in [-0.3, -0.25) is 0 Å². The van der Waals surface area contributed by atoms with Crippen LogP contribution in [0.1, 0.15) is 13.8 Å². The molecule has 1 saturated heterocycles. The van der Waals surface area contributed by atoms with E-state index in [4.69, 9.17) is 5.11 Å². The molecule has 11 heavy (non-hydrogen) atoms. The summed E-state index contributed by atoms with van der Waals surface area (Å²) in [5.74, 6) is -0.414. The maximum atomic E-state index is 12.5. The quantitative estimate of drug-likeness (QED) is 0.635. The molecule has 1 aliphatic heterocycles. The summed E-state index contributed by atoms with van der Waals surface area (Å²) in [5.41, 5.74) is 0. The van der Waals surface area contributed by atoms with Gasteiger partial charge in [-0.2, -0.15) is 8.78 Å². The highest BCUT2D eigenvalue weighted by Crippen LogP contribution is 2.36. The maximum Gasteiger partial charge on any atom is 0.381 e. The van der Waals surface area contributed by atoms with Crippen molar-refractivity contribution in [2.75, 3.05) is 6.61 Å². The average molecular weight is 166 g/mol. The Labute approximate surface area is 64.2 Å².